The minimum atomic E-state index is -3.62. The van der Waals surface area contributed by atoms with Gasteiger partial charge < -0.3 is 10.1 Å². The van der Waals surface area contributed by atoms with Crippen LogP contribution in [0.15, 0.2) is 23.1 Å². The molecule has 3 atom stereocenters. The average Bonchev–Trinajstić information content (AvgIpc) is 3.41. The second-order valence-corrected chi connectivity index (χ2v) is 10.3. The minimum Gasteiger partial charge on any atom is -0.492 e. The Kier molecular flexibility index (Phi) is 5.65. The predicted molar refractivity (Wildman–Crippen MR) is 108 cm³/mol. The first-order valence-corrected chi connectivity index (χ1v) is 12.0. The highest BCUT2D eigenvalue weighted by atomic mass is 32.2. The maximum atomic E-state index is 13.1. The SMILES string of the molecule is CCOc1ccc(NC(=O)CC2CC3CCC2C3)cc1S(=O)(=O)N1CCCC1. The van der Waals surface area contributed by atoms with Gasteiger partial charge in [-0.05, 0) is 75.0 Å². The van der Waals surface area contributed by atoms with Crippen molar-refractivity contribution >= 4 is 21.6 Å². The smallest absolute Gasteiger partial charge is 0.246 e. The van der Waals surface area contributed by atoms with E-state index in [-0.39, 0.29) is 10.8 Å². The van der Waals surface area contributed by atoms with E-state index in [4.69, 9.17) is 4.74 Å². The summed E-state index contributed by atoms with van der Waals surface area (Å²) in [4.78, 5) is 12.7. The number of rotatable bonds is 7. The molecular weight excluding hydrogens is 376 g/mol. The Morgan fingerprint density at radius 3 is 2.64 bits per heavy atom. The van der Waals surface area contributed by atoms with Gasteiger partial charge in [-0.15, -0.1) is 0 Å². The number of sulfonamides is 1. The lowest BCUT2D eigenvalue weighted by Crippen LogP contribution is -2.28. The Labute approximate surface area is 167 Å². The van der Waals surface area contributed by atoms with Crippen LogP contribution >= 0.6 is 0 Å². The molecule has 2 saturated carbocycles. The van der Waals surface area contributed by atoms with Gasteiger partial charge in [-0.25, -0.2) is 8.42 Å². The first-order valence-electron chi connectivity index (χ1n) is 10.5. The van der Waals surface area contributed by atoms with Gasteiger partial charge in [0.05, 0.1) is 6.61 Å². The highest BCUT2D eigenvalue weighted by Gasteiger charge is 2.40. The summed E-state index contributed by atoms with van der Waals surface area (Å²) in [5.41, 5.74) is 0.523. The summed E-state index contributed by atoms with van der Waals surface area (Å²) in [5.74, 6) is 2.31. The molecule has 3 unspecified atom stereocenters. The van der Waals surface area contributed by atoms with E-state index in [1.807, 2.05) is 6.92 Å². The first kappa shape index (κ1) is 19.7. The van der Waals surface area contributed by atoms with Crippen LogP contribution in [0.5, 0.6) is 5.75 Å². The van der Waals surface area contributed by atoms with Crippen LogP contribution in [0, 0.1) is 17.8 Å². The van der Waals surface area contributed by atoms with Gasteiger partial charge in [0.1, 0.15) is 10.6 Å². The number of benzene rings is 1. The number of fused-ring (bicyclic) bond motifs is 2. The zero-order chi connectivity index (χ0) is 19.7. The van der Waals surface area contributed by atoms with Crippen molar-refractivity contribution in [2.24, 2.45) is 17.8 Å². The Balaban J connectivity index is 1.50. The molecule has 2 aliphatic carbocycles. The number of hydrogen-bond donors (Lipinski definition) is 1. The third-order valence-corrected chi connectivity index (χ3v) is 8.46. The number of ether oxygens (including phenoxy) is 1. The Hall–Kier alpha value is -1.60. The molecule has 1 saturated heterocycles. The second kappa shape index (κ2) is 8.03. The summed E-state index contributed by atoms with van der Waals surface area (Å²) in [6.45, 7) is 3.29. The molecule has 1 amide bonds. The third-order valence-electron chi connectivity index (χ3n) is 6.54. The molecule has 1 N–H and O–H groups in total. The molecule has 1 aromatic rings. The summed E-state index contributed by atoms with van der Waals surface area (Å²) < 4.78 is 33.2. The molecule has 2 bridgehead atoms. The topological polar surface area (TPSA) is 75.7 Å². The molecule has 3 fully saturated rings. The van der Waals surface area contributed by atoms with Crippen LogP contribution in [0.4, 0.5) is 5.69 Å². The molecule has 0 spiro atoms. The van der Waals surface area contributed by atoms with Crippen molar-refractivity contribution in [3.05, 3.63) is 18.2 Å². The Morgan fingerprint density at radius 2 is 2.00 bits per heavy atom. The molecule has 0 aromatic heterocycles. The van der Waals surface area contributed by atoms with Gasteiger partial charge in [0, 0.05) is 25.2 Å². The highest BCUT2D eigenvalue weighted by Crippen LogP contribution is 2.49. The third kappa shape index (κ3) is 3.92. The van der Waals surface area contributed by atoms with E-state index in [1.54, 1.807) is 18.2 Å². The van der Waals surface area contributed by atoms with Crippen molar-refractivity contribution in [1.82, 2.24) is 4.31 Å². The number of carbonyl (C=O) groups is 1. The summed E-state index contributed by atoms with van der Waals surface area (Å²) >= 11 is 0. The summed E-state index contributed by atoms with van der Waals surface area (Å²) in [6, 6.07) is 4.93. The quantitative estimate of drug-likeness (QED) is 0.750. The zero-order valence-electron chi connectivity index (χ0n) is 16.5. The molecular formula is C21H30N2O4S. The van der Waals surface area contributed by atoms with Crippen molar-refractivity contribution in [2.75, 3.05) is 25.0 Å². The van der Waals surface area contributed by atoms with Crippen LogP contribution in [0.2, 0.25) is 0 Å². The number of carbonyl (C=O) groups excluding carboxylic acids is 1. The lowest BCUT2D eigenvalue weighted by Gasteiger charge is -2.21. The molecule has 6 nitrogen and oxygen atoms in total. The fourth-order valence-corrected chi connectivity index (χ4v) is 6.88. The minimum absolute atomic E-state index is 0.0220. The van der Waals surface area contributed by atoms with E-state index >= 15 is 0 Å². The molecule has 154 valence electrons. The second-order valence-electron chi connectivity index (χ2n) is 8.39. The standard InChI is InChI=1S/C21H30N2O4S/c1-2-27-19-8-7-18(14-20(19)28(25,26)23-9-3-4-10-23)22-21(24)13-17-12-15-5-6-16(17)11-15/h7-8,14-17H,2-6,9-13H2,1H3,(H,22,24). The molecule has 3 aliphatic rings. The molecule has 28 heavy (non-hydrogen) atoms. The maximum Gasteiger partial charge on any atom is 0.246 e. The number of hydrogen-bond acceptors (Lipinski definition) is 4. The summed E-state index contributed by atoms with van der Waals surface area (Å²) in [7, 11) is -3.62. The molecule has 4 rings (SSSR count). The molecule has 1 aromatic carbocycles. The van der Waals surface area contributed by atoms with E-state index < -0.39 is 10.0 Å². The average molecular weight is 407 g/mol. The van der Waals surface area contributed by atoms with Crippen LogP contribution in [0.1, 0.15) is 51.9 Å². The maximum absolute atomic E-state index is 13.1. The van der Waals surface area contributed by atoms with Gasteiger partial charge in [0.15, 0.2) is 0 Å². The molecule has 1 heterocycles. The lowest BCUT2D eigenvalue weighted by molar-refractivity contribution is -0.117. The van der Waals surface area contributed by atoms with Crippen molar-refractivity contribution in [2.45, 2.75) is 56.8 Å². The van der Waals surface area contributed by atoms with Crippen molar-refractivity contribution in [1.29, 1.82) is 0 Å². The largest absolute Gasteiger partial charge is 0.492 e. The van der Waals surface area contributed by atoms with E-state index in [1.165, 1.54) is 23.6 Å². The monoisotopic (exact) mass is 406 g/mol. The first-order chi connectivity index (χ1) is 13.5. The fraction of sp³-hybridized carbons (Fsp3) is 0.667. The van der Waals surface area contributed by atoms with Crippen LogP contribution < -0.4 is 10.1 Å². The number of anilines is 1. The van der Waals surface area contributed by atoms with Crippen molar-refractivity contribution in [3.63, 3.8) is 0 Å². The lowest BCUT2D eigenvalue weighted by atomic mass is 9.86. The number of nitrogens with one attached hydrogen (secondary N) is 1. The van der Waals surface area contributed by atoms with E-state index in [0.29, 0.717) is 49.4 Å². The van der Waals surface area contributed by atoms with E-state index in [0.717, 1.165) is 25.2 Å². The van der Waals surface area contributed by atoms with Crippen molar-refractivity contribution in [3.8, 4) is 5.75 Å². The summed E-state index contributed by atoms with van der Waals surface area (Å²) in [5, 5.41) is 2.92. The summed E-state index contributed by atoms with van der Waals surface area (Å²) in [6.07, 6.45) is 7.30. The predicted octanol–water partition coefficient (Wildman–Crippen LogP) is 3.63. The van der Waals surface area contributed by atoms with Crippen LogP contribution in [-0.4, -0.2) is 38.3 Å². The highest BCUT2D eigenvalue weighted by molar-refractivity contribution is 7.89. The fourth-order valence-electron chi connectivity index (χ4n) is 5.21. The Morgan fingerprint density at radius 1 is 1.21 bits per heavy atom. The molecule has 0 radical (unpaired) electrons. The van der Waals surface area contributed by atoms with Crippen molar-refractivity contribution < 1.29 is 17.9 Å². The van der Waals surface area contributed by atoms with E-state index in [9.17, 15) is 13.2 Å². The zero-order valence-corrected chi connectivity index (χ0v) is 17.3. The molecule has 7 heteroatoms. The van der Waals surface area contributed by atoms with Gasteiger partial charge in [0.2, 0.25) is 15.9 Å². The number of nitrogens with zero attached hydrogens (tertiary/aromatic N) is 1. The normalized spacial score (nSPS) is 27.2. The molecule has 1 aliphatic heterocycles. The van der Waals surface area contributed by atoms with Gasteiger partial charge in [-0.3, -0.25) is 4.79 Å². The van der Waals surface area contributed by atoms with Crippen LogP contribution in [0.3, 0.4) is 0 Å². The van der Waals surface area contributed by atoms with Gasteiger partial charge in [-0.2, -0.15) is 4.31 Å². The number of amides is 1. The Bertz CT molecular complexity index is 833. The van der Waals surface area contributed by atoms with Gasteiger partial charge >= 0.3 is 0 Å². The van der Waals surface area contributed by atoms with Gasteiger partial charge in [-0.1, -0.05) is 6.42 Å². The van der Waals surface area contributed by atoms with Gasteiger partial charge in [0.25, 0.3) is 0 Å². The van der Waals surface area contributed by atoms with E-state index in [2.05, 4.69) is 5.32 Å². The van der Waals surface area contributed by atoms with Crippen LogP contribution in [-0.2, 0) is 14.8 Å². The van der Waals surface area contributed by atoms with Crippen LogP contribution in [0.25, 0.3) is 0 Å².